The van der Waals surface area contributed by atoms with Gasteiger partial charge in [-0.3, -0.25) is 0 Å². The van der Waals surface area contributed by atoms with E-state index in [4.69, 9.17) is 9.47 Å². The molecule has 0 unspecified atom stereocenters. The molecule has 0 aliphatic heterocycles. The molecule has 0 radical (unpaired) electrons. The Balaban J connectivity index is -0.000000529. The fourth-order valence-electron chi connectivity index (χ4n) is 2.47. The average molecular weight is 495 g/mol. The number of carboxylic acids is 2. The Labute approximate surface area is 227 Å². The molecule has 0 amide bonds. The minimum Gasteiger partial charge on any atom is -0.545 e. The Hall–Kier alpha value is -1.38. The second-order valence-corrected chi connectivity index (χ2v) is 7.08. The smallest absolute Gasteiger partial charge is 0.545 e. The zero-order valence-corrected chi connectivity index (χ0v) is 22.8. The van der Waals surface area contributed by atoms with Gasteiger partial charge in [-0.1, -0.05) is 66.2 Å². The number of hydrogen-bond donors (Lipinski definition) is 0. The second kappa shape index (κ2) is 25.2. The van der Waals surface area contributed by atoms with Crippen molar-refractivity contribution in [1.82, 2.24) is 0 Å². The van der Waals surface area contributed by atoms with Gasteiger partial charge in [0.2, 0.25) is 0 Å². The van der Waals surface area contributed by atoms with Gasteiger partial charge in [0, 0.05) is 11.1 Å². The summed E-state index contributed by atoms with van der Waals surface area (Å²) in [6.45, 7) is 8.31. The molecular formula is C24H38CaO8. The van der Waals surface area contributed by atoms with Crippen molar-refractivity contribution in [2.75, 3.05) is 13.2 Å². The van der Waals surface area contributed by atoms with Crippen LogP contribution in [-0.4, -0.2) is 74.8 Å². The van der Waals surface area contributed by atoms with Crippen LogP contribution >= 0.6 is 0 Å². The molecule has 0 aliphatic rings. The van der Waals surface area contributed by atoms with E-state index >= 15 is 0 Å². The van der Waals surface area contributed by atoms with Crippen molar-refractivity contribution < 1.29 is 38.9 Å². The molecule has 0 aromatic carbocycles. The number of aliphatic carboxylic acids is 2. The van der Waals surface area contributed by atoms with Gasteiger partial charge in [0.25, 0.3) is 0 Å². The number of rotatable bonds is 16. The van der Waals surface area contributed by atoms with Gasteiger partial charge >= 0.3 is 49.7 Å². The molecule has 0 heterocycles. The molecule has 0 N–H and O–H groups in total. The summed E-state index contributed by atoms with van der Waals surface area (Å²) in [4.78, 5) is 43.3. The zero-order valence-electron chi connectivity index (χ0n) is 20.6. The van der Waals surface area contributed by atoms with Gasteiger partial charge in [0.1, 0.15) is 0 Å². The number of ether oxygens (including phenoxy) is 2. The van der Waals surface area contributed by atoms with Crippen molar-refractivity contribution in [2.45, 2.75) is 91.9 Å². The van der Waals surface area contributed by atoms with Crippen LogP contribution < -0.4 is 10.2 Å². The molecule has 0 fully saturated rings. The summed E-state index contributed by atoms with van der Waals surface area (Å²) in [7, 11) is 0. The second-order valence-electron chi connectivity index (χ2n) is 7.08. The van der Waals surface area contributed by atoms with Crippen molar-refractivity contribution in [2.24, 2.45) is 0 Å². The van der Waals surface area contributed by atoms with Crippen LogP contribution in [-0.2, 0) is 28.7 Å². The maximum Gasteiger partial charge on any atom is 2.00 e. The third kappa shape index (κ3) is 23.6. The number of esters is 2. The van der Waals surface area contributed by atoms with Crippen LogP contribution in [0.1, 0.15) is 91.9 Å². The molecule has 0 rings (SSSR count). The Morgan fingerprint density at radius 2 is 0.939 bits per heavy atom. The van der Waals surface area contributed by atoms with Crippen LogP contribution in [0, 0.1) is 0 Å². The molecule has 9 heteroatoms. The van der Waals surface area contributed by atoms with Gasteiger partial charge in [-0.2, -0.15) is 0 Å². The molecule has 0 atom stereocenters. The van der Waals surface area contributed by atoms with Gasteiger partial charge < -0.3 is 29.3 Å². The van der Waals surface area contributed by atoms with E-state index < -0.39 is 23.9 Å². The molecule has 0 aliphatic carbocycles. The predicted octanol–water partition coefficient (Wildman–Crippen LogP) is 2.01. The standard InChI is InChI=1S/2C12H20O4.Ca/c2*1-3-5-6-7-8-16-12(15)10(4-2)9-11(13)14;/h2*9H,3-8H2,1-2H3,(H,13,14);/q;;+2/p-2/b2*10-9-;. The number of carbonyl (C=O) groups is 4. The van der Waals surface area contributed by atoms with E-state index in [9.17, 15) is 29.4 Å². The van der Waals surface area contributed by atoms with E-state index in [2.05, 4.69) is 13.8 Å². The first-order valence-electron chi connectivity index (χ1n) is 11.4. The molecule has 0 spiro atoms. The summed E-state index contributed by atoms with van der Waals surface area (Å²) < 4.78 is 9.89. The fraction of sp³-hybridized carbons (Fsp3) is 0.667. The van der Waals surface area contributed by atoms with Crippen LogP contribution in [0.25, 0.3) is 0 Å². The summed E-state index contributed by atoms with van der Waals surface area (Å²) in [6.07, 6.45) is 10.4. The Bertz CT molecular complexity index is 572. The van der Waals surface area contributed by atoms with Crippen LogP contribution in [0.2, 0.25) is 0 Å². The molecule has 0 aromatic heterocycles. The van der Waals surface area contributed by atoms with E-state index in [-0.39, 0.29) is 48.9 Å². The zero-order chi connectivity index (χ0) is 24.8. The number of carboxylic acid groups (broad SMARTS) is 2. The van der Waals surface area contributed by atoms with Crippen LogP contribution in [0.4, 0.5) is 0 Å². The monoisotopic (exact) mass is 494 g/mol. The number of hydrogen-bond acceptors (Lipinski definition) is 8. The molecule has 8 nitrogen and oxygen atoms in total. The fourth-order valence-corrected chi connectivity index (χ4v) is 2.47. The van der Waals surface area contributed by atoms with Gasteiger partial charge in [-0.05, 0) is 37.8 Å². The van der Waals surface area contributed by atoms with Gasteiger partial charge in [-0.25, -0.2) is 9.59 Å². The normalized spacial score (nSPS) is 10.9. The van der Waals surface area contributed by atoms with Crippen molar-refractivity contribution in [1.29, 1.82) is 0 Å². The molecule has 0 saturated carbocycles. The minimum absolute atomic E-state index is 0. The average Bonchev–Trinajstić information content (AvgIpc) is 2.75. The van der Waals surface area contributed by atoms with Gasteiger partial charge in [0.15, 0.2) is 0 Å². The predicted molar refractivity (Wildman–Crippen MR) is 123 cm³/mol. The van der Waals surface area contributed by atoms with Gasteiger partial charge in [0.05, 0.1) is 25.2 Å². The summed E-state index contributed by atoms with van der Waals surface area (Å²) in [5, 5.41) is 20.6. The molecule has 0 aromatic rings. The summed E-state index contributed by atoms with van der Waals surface area (Å²) in [5.74, 6) is -3.83. The topological polar surface area (TPSA) is 133 Å². The van der Waals surface area contributed by atoms with Crippen molar-refractivity contribution in [3.63, 3.8) is 0 Å². The quantitative estimate of drug-likeness (QED) is 0.138. The third-order valence-electron chi connectivity index (χ3n) is 4.33. The van der Waals surface area contributed by atoms with Crippen molar-refractivity contribution in [3.8, 4) is 0 Å². The summed E-state index contributed by atoms with van der Waals surface area (Å²) in [5.41, 5.74) is 0.297. The summed E-state index contributed by atoms with van der Waals surface area (Å²) >= 11 is 0. The minimum atomic E-state index is -1.36. The number of carbonyl (C=O) groups excluding carboxylic acids is 4. The third-order valence-corrected chi connectivity index (χ3v) is 4.33. The molecule has 0 bridgehead atoms. The first-order valence-corrected chi connectivity index (χ1v) is 11.4. The number of unbranched alkanes of at least 4 members (excludes halogenated alkanes) is 6. The first-order chi connectivity index (χ1) is 15.2. The SMILES string of the molecule is CCCCCCOC(=O)/C(=C\C(=O)[O-])CC.CCCCCCOC(=O)/C(=C\C(=O)[O-])CC.[Ca+2]. The molecule has 33 heavy (non-hydrogen) atoms. The van der Waals surface area contributed by atoms with E-state index in [1.165, 1.54) is 0 Å². The maximum atomic E-state index is 11.4. The van der Waals surface area contributed by atoms with E-state index in [0.717, 1.165) is 63.5 Å². The van der Waals surface area contributed by atoms with Crippen LogP contribution in [0.5, 0.6) is 0 Å². The van der Waals surface area contributed by atoms with Crippen molar-refractivity contribution >= 4 is 61.6 Å². The van der Waals surface area contributed by atoms with E-state index in [0.29, 0.717) is 26.1 Å². The Kier molecular flexibility index (Phi) is 27.7. The summed E-state index contributed by atoms with van der Waals surface area (Å²) in [6, 6.07) is 0. The van der Waals surface area contributed by atoms with Gasteiger partial charge in [-0.15, -0.1) is 0 Å². The van der Waals surface area contributed by atoms with Crippen LogP contribution in [0.15, 0.2) is 23.3 Å². The van der Waals surface area contributed by atoms with E-state index in [1.807, 2.05) is 0 Å². The largest absolute Gasteiger partial charge is 2.00 e. The van der Waals surface area contributed by atoms with Crippen LogP contribution in [0.3, 0.4) is 0 Å². The van der Waals surface area contributed by atoms with Crippen molar-refractivity contribution in [3.05, 3.63) is 23.3 Å². The Morgan fingerprint density at radius 3 is 1.18 bits per heavy atom. The molecule has 0 saturated heterocycles. The maximum absolute atomic E-state index is 11.4. The van der Waals surface area contributed by atoms with E-state index in [1.54, 1.807) is 13.8 Å². The molecular weight excluding hydrogens is 456 g/mol. The first kappa shape index (κ1) is 36.2. The Morgan fingerprint density at radius 1 is 0.606 bits per heavy atom. The molecule has 184 valence electrons.